The third-order valence-electron chi connectivity index (χ3n) is 7.00. The first-order valence-electron chi connectivity index (χ1n) is 11.6. The van der Waals surface area contributed by atoms with Gasteiger partial charge in [-0.1, -0.05) is 6.07 Å². The lowest BCUT2D eigenvalue weighted by Gasteiger charge is -2.37. The molecule has 2 aliphatic rings. The van der Waals surface area contributed by atoms with E-state index >= 15 is 0 Å². The SMILES string of the molecule is Cc1c[nH]c2ncc(-c3cc4c(c([C@H]5COCCN5)c3)CN(C(=O)C(C)(O)C(F)(F)F)CC4)cc12. The van der Waals surface area contributed by atoms with Crippen LogP contribution in [0.4, 0.5) is 13.2 Å². The Balaban J connectivity index is 1.56. The van der Waals surface area contributed by atoms with E-state index in [0.717, 1.165) is 49.3 Å². The number of morpholine rings is 1. The highest BCUT2D eigenvalue weighted by Gasteiger charge is 2.57. The minimum Gasteiger partial charge on any atom is -0.378 e. The average Bonchev–Trinajstić information content (AvgIpc) is 3.22. The second kappa shape index (κ2) is 8.61. The number of halogens is 3. The number of aromatic nitrogens is 2. The molecule has 3 N–H and O–H groups in total. The van der Waals surface area contributed by atoms with E-state index in [0.29, 0.717) is 33.1 Å². The molecule has 2 aromatic heterocycles. The Kier molecular flexibility index (Phi) is 5.85. The Morgan fingerprint density at radius 3 is 2.77 bits per heavy atom. The molecule has 3 aromatic rings. The van der Waals surface area contributed by atoms with Crippen molar-refractivity contribution in [1.29, 1.82) is 0 Å². The van der Waals surface area contributed by atoms with Crippen LogP contribution >= 0.6 is 0 Å². The van der Waals surface area contributed by atoms with Crippen LogP contribution < -0.4 is 5.32 Å². The van der Waals surface area contributed by atoms with Gasteiger partial charge in [-0.2, -0.15) is 13.2 Å². The Bertz CT molecular complexity index is 1280. The molecule has 5 rings (SSSR count). The van der Waals surface area contributed by atoms with E-state index in [-0.39, 0.29) is 19.1 Å². The Hall–Kier alpha value is -2.95. The van der Waals surface area contributed by atoms with E-state index in [1.54, 1.807) is 6.20 Å². The van der Waals surface area contributed by atoms with Crippen molar-refractivity contribution in [2.24, 2.45) is 0 Å². The van der Waals surface area contributed by atoms with Crippen molar-refractivity contribution in [3.05, 3.63) is 52.8 Å². The molecule has 186 valence electrons. The number of aryl methyl sites for hydroxylation is 1. The third kappa shape index (κ3) is 4.19. The highest BCUT2D eigenvalue weighted by atomic mass is 19.4. The molecule has 0 aliphatic carbocycles. The summed E-state index contributed by atoms with van der Waals surface area (Å²) in [5.41, 5.74) is 2.97. The van der Waals surface area contributed by atoms with E-state index in [1.807, 2.05) is 25.3 Å². The number of alkyl halides is 3. The van der Waals surface area contributed by atoms with Gasteiger partial charge in [0.05, 0.1) is 19.3 Å². The molecule has 1 aromatic carbocycles. The minimum absolute atomic E-state index is 0.0115. The highest BCUT2D eigenvalue weighted by molar-refractivity contribution is 5.86. The average molecular weight is 489 g/mol. The van der Waals surface area contributed by atoms with Crippen LogP contribution in [0.25, 0.3) is 22.2 Å². The van der Waals surface area contributed by atoms with E-state index < -0.39 is 17.7 Å². The number of nitrogens with one attached hydrogen (secondary N) is 2. The molecular weight excluding hydrogens is 461 g/mol. The van der Waals surface area contributed by atoms with Crippen LogP contribution in [-0.4, -0.2) is 64.0 Å². The molecule has 0 spiro atoms. The fourth-order valence-corrected chi connectivity index (χ4v) is 4.84. The molecule has 0 saturated carbocycles. The van der Waals surface area contributed by atoms with Gasteiger partial charge in [0.25, 0.3) is 5.91 Å². The number of ether oxygens (including phenoxy) is 1. The van der Waals surface area contributed by atoms with Crippen LogP contribution in [0.3, 0.4) is 0 Å². The van der Waals surface area contributed by atoms with Crippen molar-refractivity contribution in [1.82, 2.24) is 20.2 Å². The summed E-state index contributed by atoms with van der Waals surface area (Å²) in [6.07, 6.45) is -0.974. The van der Waals surface area contributed by atoms with Gasteiger partial charge >= 0.3 is 6.18 Å². The second-order valence-electron chi connectivity index (χ2n) is 9.42. The summed E-state index contributed by atoms with van der Waals surface area (Å²) in [6.45, 7) is 4.23. The van der Waals surface area contributed by atoms with Crippen molar-refractivity contribution in [3.8, 4) is 11.1 Å². The van der Waals surface area contributed by atoms with Crippen LogP contribution in [0.2, 0.25) is 0 Å². The lowest BCUT2D eigenvalue weighted by atomic mass is 9.87. The number of amides is 1. The maximum Gasteiger partial charge on any atom is 0.426 e. The summed E-state index contributed by atoms with van der Waals surface area (Å²) >= 11 is 0. The van der Waals surface area contributed by atoms with Gasteiger partial charge in [0.15, 0.2) is 0 Å². The minimum atomic E-state index is -5.06. The fraction of sp³-hybridized carbons (Fsp3) is 0.440. The number of nitrogens with zero attached hydrogens (tertiary/aromatic N) is 2. The summed E-state index contributed by atoms with van der Waals surface area (Å²) in [5.74, 6) is -1.34. The zero-order chi connectivity index (χ0) is 25.0. The molecule has 4 heterocycles. The van der Waals surface area contributed by atoms with Gasteiger partial charge in [0.2, 0.25) is 5.60 Å². The zero-order valence-corrected chi connectivity index (χ0v) is 19.5. The first-order valence-corrected chi connectivity index (χ1v) is 11.6. The first-order chi connectivity index (χ1) is 16.6. The van der Waals surface area contributed by atoms with Gasteiger partial charge in [0.1, 0.15) is 5.65 Å². The standard InChI is InChI=1S/C25H27F3N4O3/c1-14-10-30-22-18(14)9-17(11-31-22)16-7-15-3-5-32(23(33)24(2,34)25(26,27)28)12-20(15)19(8-16)21-13-35-6-4-29-21/h7-11,21,29,34H,3-6,12-13H2,1-2H3,(H,30,31)/t21-,24?/m1/s1. The lowest BCUT2D eigenvalue weighted by Crippen LogP contribution is -2.56. The summed E-state index contributed by atoms with van der Waals surface area (Å²) in [5, 5.41) is 14.4. The molecule has 35 heavy (non-hydrogen) atoms. The zero-order valence-electron chi connectivity index (χ0n) is 19.5. The van der Waals surface area contributed by atoms with Crippen LogP contribution in [0.5, 0.6) is 0 Å². The third-order valence-corrected chi connectivity index (χ3v) is 7.00. The smallest absolute Gasteiger partial charge is 0.378 e. The number of aromatic amines is 1. The summed E-state index contributed by atoms with van der Waals surface area (Å²) in [4.78, 5) is 21.5. The largest absolute Gasteiger partial charge is 0.426 e. The molecule has 2 aliphatic heterocycles. The van der Waals surface area contributed by atoms with E-state index in [4.69, 9.17) is 4.74 Å². The number of pyridine rings is 1. The van der Waals surface area contributed by atoms with Gasteiger partial charge in [-0.05, 0) is 60.2 Å². The monoisotopic (exact) mass is 488 g/mol. The van der Waals surface area contributed by atoms with Crippen molar-refractivity contribution in [3.63, 3.8) is 0 Å². The normalized spacial score (nSPS) is 20.5. The molecule has 1 fully saturated rings. The number of H-pyrrole nitrogens is 1. The van der Waals surface area contributed by atoms with E-state index in [1.165, 1.54) is 0 Å². The molecule has 1 amide bonds. The fourth-order valence-electron chi connectivity index (χ4n) is 4.84. The van der Waals surface area contributed by atoms with E-state index in [2.05, 4.69) is 21.4 Å². The quantitative estimate of drug-likeness (QED) is 0.526. The molecule has 10 heteroatoms. The van der Waals surface area contributed by atoms with Crippen molar-refractivity contribution in [2.75, 3.05) is 26.3 Å². The van der Waals surface area contributed by atoms with Gasteiger partial charge in [0, 0.05) is 43.0 Å². The van der Waals surface area contributed by atoms with Crippen molar-refractivity contribution < 1.29 is 27.8 Å². The molecule has 0 bridgehead atoms. The highest BCUT2D eigenvalue weighted by Crippen LogP contribution is 2.37. The second-order valence-corrected chi connectivity index (χ2v) is 9.42. The van der Waals surface area contributed by atoms with Crippen molar-refractivity contribution >= 4 is 16.9 Å². The van der Waals surface area contributed by atoms with Crippen LogP contribution in [-0.2, 0) is 22.5 Å². The van der Waals surface area contributed by atoms with Crippen LogP contribution in [0, 0.1) is 6.92 Å². The summed E-state index contributed by atoms with van der Waals surface area (Å²) in [7, 11) is 0. The molecule has 1 unspecified atom stereocenters. The maximum absolute atomic E-state index is 13.3. The van der Waals surface area contributed by atoms with Crippen LogP contribution in [0.15, 0.2) is 30.6 Å². The number of hydrogen-bond donors (Lipinski definition) is 3. The number of carbonyl (C=O) groups excluding carboxylic acids is 1. The Labute approximate surface area is 200 Å². The molecule has 0 radical (unpaired) electrons. The number of rotatable bonds is 3. The predicted molar refractivity (Wildman–Crippen MR) is 124 cm³/mol. The molecule has 7 nitrogen and oxygen atoms in total. The van der Waals surface area contributed by atoms with Gasteiger partial charge in [-0.3, -0.25) is 4.79 Å². The summed E-state index contributed by atoms with van der Waals surface area (Å²) < 4.78 is 45.6. The van der Waals surface area contributed by atoms with Crippen LogP contribution in [0.1, 0.15) is 35.2 Å². The van der Waals surface area contributed by atoms with Gasteiger partial charge < -0.3 is 25.0 Å². The number of aliphatic hydroxyl groups is 1. The predicted octanol–water partition coefficient (Wildman–Crippen LogP) is 3.40. The maximum atomic E-state index is 13.3. The van der Waals surface area contributed by atoms with Gasteiger partial charge in [-0.25, -0.2) is 4.98 Å². The first kappa shape index (κ1) is 23.8. The van der Waals surface area contributed by atoms with Crippen molar-refractivity contribution in [2.45, 2.75) is 44.6 Å². The Morgan fingerprint density at radius 1 is 1.26 bits per heavy atom. The molecule has 1 saturated heterocycles. The van der Waals surface area contributed by atoms with Gasteiger partial charge in [-0.15, -0.1) is 0 Å². The number of fused-ring (bicyclic) bond motifs is 2. The molecule has 2 atom stereocenters. The molecular formula is C25H27F3N4O3. The number of benzene rings is 1. The summed E-state index contributed by atoms with van der Waals surface area (Å²) in [6, 6.07) is 5.94. The number of hydrogen-bond acceptors (Lipinski definition) is 5. The van der Waals surface area contributed by atoms with E-state index in [9.17, 15) is 23.1 Å². The number of carbonyl (C=O) groups is 1. The topological polar surface area (TPSA) is 90.5 Å². The lowest BCUT2D eigenvalue weighted by molar-refractivity contribution is -0.250. The Morgan fingerprint density at radius 2 is 2.06 bits per heavy atom.